The lowest BCUT2D eigenvalue weighted by Gasteiger charge is -2.29. The molecule has 0 spiro atoms. The standard InChI is InChI=1S/C22H26Cl2FN3O4S/c1-15(22(30)26-2)27(14-16-6-9-18(25)10-7-16)21(29)5-4-12-28(33(3,31)32)20-13-17(23)8-11-19(20)24/h6-11,13,15H,4-5,12,14H2,1-3H3,(H,26,30)/t15-/m0/s1. The van der Waals surface area contributed by atoms with Gasteiger partial charge in [-0.25, -0.2) is 12.8 Å². The van der Waals surface area contributed by atoms with Gasteiger partial charge in [0.05, 0.1) is 17.0 Å². The second-order valence-corrected chi connectivity index (χ2v) is 10.2. The first-order chi connectivity index (χ1) is 15.4. The lowest BCUT2D eigenvalue weighted by atomic mass is 10.1. The smallest absolute Gasteiger partial charge is 0.242 e. The quantitative estimate of drug-likeness (QED) is 0.518. The van der Waals surface area contributed by atoms with Crippen molar-refractivity contribution in [3.8, 4) is 0 Å². The average Bonchev–Trinajstić information content (AvgIpc) is 2.76. The van der Waals surface area contributed by atoms with Crippen LogP contribution in [0.4, 0.5) is 10.1 Å². The molecule has 0 unspecified atom stereocenters. The number of amides is 2. The number of nitrogens with one attached hydrogen (secondary N) is 1. The molecule has 0 saturated carbocycles. The van der Waals surface area contributed by atoms with Gasteiger partial charge in [0.1, 0.15) is 11.9 Å². The van der Waals surface area contributed by atoms with Gasteiger partial charge in [0, 0.05) is 31.6 Å². The molecule has 0 aliphatic carbocycles. The third-order valence-corrected chi connectivity index (χ3v) is 6.74. The van der Waals surface area contributed by atoms with Gasteiger partial charge in [0.25, 0.3) is 0 Å². The summed E-state index contributed by atoms with van der Waals surface area (Å²) >= 11 is 12.2. The SMILES string of the molecule is CNC(=O)[C@H](C)N(Cc1ccc(F)cc1)C(=O)CCCN(c1cc(Cl)ccc1Cl)S(C)(=O)=O. The van der Waals surface area contributed by atoms with E-state index in [4.69, 9.17) is 23.2 Å². The molecule has 2 rings (SSSR count). The Labute approximate surface area is 203 Å². The van der Waals surface area contributed by atoms with Crippen LogP contribution in [0.2, 0.25) is 10.0 Å². The Bertz CT molecular complexity index is 1100. The van der Waals surface area contributed by atoms with E-state index in [0.717, 1.165) is 10.6 Å². The maximum absolute atomic E-state index is 13.2. The molecule has 2 aromatic carbocycles. The summed E-state index contributed by atoms with van der Waals surface area (Å²) in [7, 11) is -2.23. The van der Waals surface area contributed by atoms with Crippen LogP contribution in [0, 0.1) is 5.82 Å². The molecule has 7 nitrogen and oxygen atoms in total. The monoisotopic (exact) mass is 517 g/mol. The van der Waals surface area contributed by atoms with Crippen LogP contribution in [0.1, 0.15) is 25.3 Å². The number of likely N-dealkylation sites (N-methyl/N-ethyl adjacent to an activating group) is 1. The molecular weight excluding hydrogens is 492 g/mol. The fourth-order valence-electron chi connectivity index (χ4n) is 3.24. The number of hydrogen-bond acceptors (Lipinski definition) is 4. The van der Waals surface area contributed by atoms with Crippen molar-refractivity contribution in [1.29, 1.82) is 0 Å². The van der Waals surface area contributed by atoms with Crippen LogP contribution in [-0.2, 0) is 26.2 Å². The summed E-state index contributed by atoms with van der Waals surface area (Å²) in [6.07, 6.45) is 1.20. The van der Waals surface area contributed by atoms with Gasteiger partial charge in [-0.15, -0.1) is 0 Å². The van der Waals surface area contributed by atoms with Crippen molar-refractivity contribution in [1.82, 2.24) is 10.2 Å². The number of hydrogen-bond donors (Lipinski definition) is 1. The number of benzene rings is 2. The van der Waals surface area contributed by atoms with E-state index in [-0.39, 0.29) is 48.5 Å². The first kappa shape index (κ1) is 26.9. The first-order valence-electron chi connectivity index (χ1n) is 10.1. The molecule has 0 bridgehead atoms. The molecule has 1 N–H and O–H groups in total. The van der Waals surface area contributed by atoms with Gasteiger partial charge in [0.15, 0.2) is 0 Å². The number of carbonyl (C=O) groups is 2. The molecule has 0 saturated heterocycles. The van der Waals surface area contributed by atoms with Gasteiger partial charge in [0.2, 0.25) is 21.8 Å². The third-order valence-electron chi connectivity index (χ3n) is 5.01. The lowest BCUT2D eigenvalue weighted by Crippen LogP contribution is -2.46. The number of rotatable bonds is 10. The third kappa shape index (κ3) is 7.58. The maximum Gasteiger partial charge on any atom is 0.242 e. The highest BCUT2D eigenvalue weighted by Crippen LogP contribution is 2.31. The Morgan fingerprint density at radius 3 is 2.33 bits per heavy atom. The second-order valence-electron chi connectivity index (χ2n) is 7.47. The van der Waals surface area contributed by atoms with E-state index in [9.17, 15) is 22.4 Å². The molecule has 2 aromatic rings. The molecule has 0 aliphatic heterocycles. The van der Waals surface area contributed by atoms with Crippen molar-refractivity contribution in [2.75, 3.05) is 24.2 Å². The largest absolute Gasteiger partial charge is 0.357 e. The van der Waals surface area contributed by atoms with Crippen molar-refractivity contribution in [3.05, 3.63) is 63.9 Å². The van der Waals surface area contributed by atoms with Crippen molar-refractivity contribution >= 4 is 50.7 Å². The summed E-state index contributed by atoms with van der Waals surface area (Å²) in [5.41, 5.74) is 0.880. The number of anilines is 1. The predicted octanol–water partition coefficient (Wildman–Crippen LogP) is 3.84. The van der Waals surface area contributed by atoms with Gasteiger partial charge < -0.3 is 10.2 Å². The van der Waals surface area contributed by atoms with E-state index in [1.165, 1.54) is 36.2 Å². The topological polar surface area (TPSA) is 86.8 Å². The highest BCUT2D eigenvalue weighted by molar-refractivity contribution is 7.92. The van der Waals surface area contributed by atoms with E-state index in [1.54, 1.807) is 25.1 Å². The normalized spacial score (nSPS) is 12.2. The minimum atomic E-state index is -3.70. The van der Waals surface area contributed by atoms with Crippen molar-refractivity contribution < 1.29 is 22.4 Å². The fourth-order valence-corrected chi connectivity index (χ4v) is 4.64. The van der Waals surface area contributed by atoms with Crippen LogP contribution in [-0.4, -0.2) is 51.0 Å². The molecule has 11 heteroatoms. The van der Waals surface area contributed by atoms with E-state index in [2.05, 4.69) is 5.32 Å². The maximum atomic E-state index is 13.2. The minimum Gasteiger partial charge on any atom is -0.357 e. The van der Waals surface area contributed by atoms with Crippen molar-refractivity contribution in [3.63, 3.8) is 0 Å². The molecule has 33 heavy (non-hydrogen) atoms. The zero-order valence-corrected chi connectivity index (χ0v) is 20.8. The highest BCUT2D eigenvalue weighted by Gasteiger charge is 2.26. The number of carbonyl (C=O) groups excluding carboxylic acids is 2. The Balaban J connectivity index is 2.17. The van der Waals surface area contributed by atoms with Crippen LogP contribution in [0.3, 0.4) is 0 Å². The van der Waals surface area contributed by atoms with Crippen molar-refractivity contribution in [2.45, 2.75) is 32.4 Å². The number of halogens is 3. The Morgan fingerprint density at radius 2 is 1.76 bits per heavy atom. The number of nitrogens with zero attached hydrogens (tertiary/aromatic N) is 2. The summed E-state index contributed by atoms with van der Waals surface area (Å²) in [4.78, 5) is 26.6. The van der Waals surface area contributed by atoms with E-state index >= 15 is 0 Å². The van der Waals surface area contributed by atoms with Gasteiger partial charge in [-0.2, -0.15) is 0 Å². The van der Waals surface area contributed by atoms with E-state index in [1.807, 2.05) is 0 Å². The van der Waals surface area contributed by atoms with E-state index in [0.29, 0.717) is 10.6 Å². The molecule has 2 amide bonds. The van der Waals surface area contributed by atoms with Gasteiger partial charge in [-0.05, 0) is 49.2 Å². The molecule has 0 aromatic heterocycles. The molecule has 0 heterocycles. The van der Waals surface area contributed by atoms with Crippen molar-refractivity contribution in [2.24, 2.45) is 0 Å². The van der Waals surface area contributed by atoms with Crippen LogP contribution in [0.25, 0.3) is 0 Å². The zero-order chi connectivity index (χ0) is 24.8. The van der Waals surface area contributed by atoms with Crippen LogP contribution < -0.4 is 9.62 Å². The summed E-state index contributed by atoms with van der Waals surface area (Å²) in [5.74, 6) is -1.11. The Morgan fingerprint density at radius 1 is 1.12 bits per heavy atom. The predicted molar refractivity (Wildman–Crippen MR) is 128 cm³/mol. The second kappa shape index (κ2) is 11.7. The van der Waals surface area contributed by atoms with Gasteiger partial charge >= 0.3 is 0 Å². The molecule has 0 fully saturated rings. The Kier molecular flexibility index (Phi) is 9.51. The Hall–Kier alpha value is -2.36. The lowest BCUT2D eigenvalue weighted by molar-refractivity contribution is -0.140. The average molecular weight is 518 g/mol. The molecule has 1 atom stereocenters. The van der Waals surface area contributed by atoms with Crippen LogP contribution in [0.15, 0.2) is 42.5 Å². The first-order valence-corrected chi connectivity index (χ1v) is 12.7. The van der Waals surface area contributed by atoms with E-state index < -0.39 is 21.9 Å². The summed E-state index contributed by atoms with van der Waals surface area (Å²) in [6.45, 7) is 1.68. The summed E-state index contributed by atoms with van der Waals surface area (Å²) in [5, 5.41) is 3.05. The van der Waals surface area contributed by atoms with Gasteiger partial charge in [-0.1, -0.05) is 35.3 Å². The molecule has 180 valence electrons. The molecular formula is C22H26Cl2FN3O4S. The summed E-state index contributed by atoms with van der Waals surface area (Å²) < 4.78 is 39.0. The van der Waals surface area contributed by atoms with Crippen LogP contribution in [0.5, 0.6) is 0 Å². The molecule has 0 aliphatic rings. The zero-order valence-electron chi connectivity index (χ0n) is 18.5. The fraction of sp³-hybridized carbons (Fsp3) is 0.364. The summed E-state index contributed by atoms with van der Waals surface area (Å²) in [6, 6.07) is 9.35. The highest BCUT2D eigenvalue weighted by atomic mass is 35.5. The minimum absolute atomic E-state index is 0.0105. The molecule has 0 radical (unpaired) electrons. The van der Waals surface area contributed by atoms with Crippen LogP contribution >= 0.6 is 23.2 Å². The van der Waals surface area contributed by atoms with Gasteiger partial charge in [-0.3, -0.25) is 13.9 Å². The number of sulfonamides is 1.